The van der Waals surface area contributed by atoms with Crippen molar-refractivity contribution in [1.82, 2.24) is 5.16 Å². The number of aromatic nitrogens is 1. The molecule has 0 aliphatic carbocycles. The molecule has 0 fully saturated rings. The van der Waals surface area contributed by atoms with Gasteiger partial charge < -0.3 is 4.52 Å². The molecule has 0 amide bonds. The van der Waals surface area contributed by atoms with Crippen LogP contribution >= 0.6 is 11.6 Å². The lowest BCUT2D eigenvalue weighted by molar-refractivity contribution is -0.137. The number of anilines is 1. The van der Waals surface area contributed by atoms with Crippen molar-refractivity contribution in [2.24, 2.45) is 5.10 Å². The molecule has 10 heteroatoms. The van der Waals surface area contributed by atoms with Crippen molar-refractivity contribution in [3.63, 3.8) is 0 Å². The zero-order valence-corrected chi connectivity index (χ0v) is 18.5. The van der Waals surface area contributed by atoms with Gasteiger partial charge in [0.25, 0.3) is 0 Å². The number of ketones is 1. The summed E-state index contributed by atoms with van der Waals surface area (Å²) in [5, 5.41) is 16.1. The van der Waals surface area contributed by atoms with E-state index in [1.807, 2.05) is 24.3 Å². The normalized spacial score (nSPS) is 12.4. The number of hydrazone groups is 1. The molecule has 3 rings (SSSR count). The van der Waals surface area contributed by atoms with Crippen molar-refractivity contribution in [2.75, 3.05) is 5.43 Å². The SMILES string of the molecule is CC(C)(C)c1ccc(-c2cc(C(=O)/C(C#N)=N/Nc3ccc(Cl)c(C(F)(F)F)c3)no2)cc1. The van der Waals surface area contributed by atoms with Gasteiger partial charge in [-0.3, -0.25) is 10.2 Å². The van der Waals surface area contributed by atoms with Gasteiger partial charge in [-0.15, -0.1) is 0 Å². The van der Waals surface area contributed by atoms with Crippen LogP contribution in [-0.2, 0) is 11.6 Å². The van der Waals surface area contributed by atoms with Crippen LogP contribution in [0.15, 0.2) is 58.2 Å². The third-order valence-electron chi connectivity index (χ3n) is 4.67. The molecule has 0 saturated carbocycles. The highest BCUT2D eigenvalue weighted by molar-refractivity contribution is 6.51. The summed E-state index contributed by atoms with van der Waals surface area (Å²) in [4.78, 5) is 12.6. The Morgan fingerprint density at radius 1 is 1.12 bits per heavy atom. The molecule has 0 spiro atoms. The lowest BCUT2D eigenvalue weighted by atomic mass is 9.86. The van der Waals surface area contributed by atoms with Crippen LogP contribution in [0.5, 0.6) is 0 Å². The lowest BCUT2D eigenvalue weighted by Gasteiger charge is -2.18. The number of Topliss-reactive ketones (excluding diaryl/α,β-unsaturated/α-hetero) is 1. The van der Waals surface area contributed by atoms with Gasteiger partial charge in [-0.1, -0.05) is 61.8 Å². The van der Waals surface area contributed by atoms with E-state index >= 15 is 0 Å². The Morgan fingerprint density at radius 3 is 2.36 bits per heavy atom. The summed E-state index contributed by atoms with van der Waals surface area (Å²) in [6.45, 7) is 6.24. The molecule has 6 nitrogen and oxygen atoms in total. The summed E-state index contributed by atoms with van der Waals surface area (Å²) in [5.74, 6) is -0.534. The molecule has 0 aliphatic heterocycles. The summed E-state index contributed by atoms with van der Waals surface area (Å²) >= 11 is 5.58. The minimum atomic E-state index is -4.67. The zero-order valence-electron chi connectivity index (χ0n) is 17.8. The second-order valence-electron chi connectivity index (χ2n) is 8.11. The van der Waals surface area contributed by atoms with Gasteiger partial charge >= 0.3 is 6.18 Å². The Hall–Kier alpha value is -3.64. The molecule has 1 aromatic heterocycles. The number of carbonyl (C=O) groups excluding carboxylic acids is 1. The highest BCUT2D eigenvalue weighted by Gasteiger charge is 2.33. The summed E-state index contributed by atoms with van der Waals surface area (Å²) in [6.07, 6.45) is -4.67. The van der Waals surface area contributed by atoms with Crippen molar-refractivity contribution in [3.8, 4) is 17.4 Å². The minimum absolute atomic E-state index is 0.0306. The fraction of sp³-hybridized carbons (Fsp3) is 0.217. The summed E-state index contributed by atoms with van der Waals surface area (Å²) < 4.78 is 44.2. The van der Waals surface area contributed by atoms with Gasteiger partial charge in [0.15, 0.2) is 11.5 Å². The summed E-state index contributed by atoms with van der Waals surface area (Å²) in [6, 6.07) is 13.5. The highest BCUT2D eigenvalue weighted by Crippen LogP contribution is 2.36. The number of rotatable bonds is 5. The number of hydrogen-bond donors (Lipinski definition) is 1. The number of carbonyl (C=O) groups is 1. The van der Waals surface area contributed by atoms with E-state index in [1.54, 1.807) is 6.07 Å². The predicted molar refractivity (Wildman–Crippen MR) is 118 cm³/mol. The largest absolute Gasteiger partial charge is 0.417 e. The van der Waals surface area contributed by atoms with E-state index in [1.165, 1.54) is 12.1 Å². The van der Waals surface area contributed by atoms with E-state index < -0.39 is 28.3 Å². The zero-order chi connectivity index (χ0) is 24.4. The number of nitriles is 1. The van der Waals surface area contributed by atoms with E-state index in [2.05, 4.69) is 36.5 Å². The maximum Gasteiger partial charge on any atom is 0.417 e. The average molecular weight is 475 g/mol. The topological polar surface area (TPSA) is 91.3 Å². The number of benzene rings is 2. The van der Waals surface area contributed by atoms with Crippen molar-refractivity contribution in [3.05, 3.63) is 70.4 Å². The fourth-order valence-corrected chi connectivity index (χ4v) is 3.06. The third-order valence-corrected chi connectivity index (χ3v) is 5.00. The maximum atomic E-state index is 13.0. The minimum Gasteiger partial charge on any atom is -0.356 e. The molecular weight excluding hydrogens is 457 g/mol. The Balaban J connectivity index is 1.80. The van der Waals surface area contributed by atoms with Gasteiger partial charge in [-0.05, 0) is 29.2 Å². The van der Waals surface area contributed by atoms with Crippen LogP contribution < -0.4 is 5.43 Å². The molecular formula is C23H18ClF3N4O2. The van der Waals surface area contributed by atoms with Gasteiger partial charge in [-0.25, -0.2) is 0 Å². The third kappa shape index (κ3) is 5.59. The highest BCUT2D eigenvalue weighted by atomic mass is 35.5. The fourth-order valence-electron chi connectivity index (χ4n) is 2.83. The summed E-state index contributed by atoms with van der Waals surface area (Å²) in [5.41, 5.74) is 2.08. The van der Waals surface area contributed by atoms with Crippen LogP contribution in [0.1, 0.15) is 42.4 Å². The Kier molecular flexibility index (Phi) is 6.60. The van der Waals surface area contributed by atoms with Crippen molar-refractivity contribution >= 4 is 28.8 Å². The Morgan fingerprint density at radius 2 is 1.79 bits per heavy atom. The van der Waals surface area contributed by atoms with E-state index in [9.17, 15) is 23.2 Å². The van der Waals surface area contributed by atoms with E-state index in [-0.39, 0.29) is 16.8 Å². The van der Waals surface area contributed by atoms with Crippen molar-refractivity contribution < 1.29 is 22.5 Å². The molecule has 3 aromatic rings. The van der Waals surface area contributed by atoms with Crippen LogP contribution in [0.4, 0.5) is 18.9 Å². The molecule has 0 saturated heterocycles. The molecule has 1 N–H and O–H groups in total. The van der Waals surface area contributed by atoms with Gasteiger partial charge in [0.2, 0.25) is 11.5 Å². The van der Waals surface area contributed by atoms with Gasteiger partial charge in [-0.2, -0.15) is 23.5 Å². The first-order valence-electron chi connectivity index (χ1n) is 9.63. The van der Waals surface area contributed by atoms with Gasteiger partial charge in [0.05, 0.1) is 16.3 Å². The number of alkyl halides is 3. The average Bonchev–Trinajstić information content (AvgIpc) is 3.24. The Labute approximate surface area is 192 Å². The Bertz CT molecular complexity index is 1250. The van der Waals surface area contributed by atoms with Crippen LogP contribution in [0.3, 0.4) is 0 Å². The van der Waals surface area contributed by atoms with Gasteiger partial charge in [0, 0.05) is 11.6 Å². The second-order valence-corrected chi connectivity index (χ2v) is 8.52. The molecule has 0 atom stereocenters. The molecule has 0 unspecified atom stereocenters. The number of hydrogen-bond acceptors (Lipinski definition) is 6. The van der Waals surface area contributed by atoms with Crippen molar-refractivity contribution in [1.29, 1.82) is 5.26 Å². The first-order valence-corrected chi connectivity index (χ1v) is 10.0. The molecule has 2 aromatic carbocycles. The van der Waals surface area contributed by atoms with E-state index in [4.69, 9.17) is 16.1 Å². The molecule has 33 heavy (non-hydrogen) atoms. The monoisotopic (exact) mass is 474 g/mol. The molecule has 1 heterocycles. The van der Waals surface area contributed by atoms with E-state index in [0.29, 0.717) is 11.3 Å². The quantitative estimate of drug-likeness (QED) is 0.259. The smallest absolute Gasteiger partial charge is 0.356 e. The molecule has 170 valence electrons. The van der Waals surface area contributed by atoms with Crippen LogP contribution in [0.25, 0.3) is 11.3 Å². The van der Waals surface area contributed by atoms with Gasteiger partial charge in [0.1, 0.15) is 6.07 Å². The van der Waals surface area contributed by atoms with Crippen LogP contribution in [0.2, 0.25) is 5.02 Å². The molecule has 0 aliphatic rings. The number of nitrogens with zero attached hydrogens (tertiary/aromatic N) is 3. The second kappa shape index (κ2) is 9.08. The summed E-state index contributed by atoms with van der Waals surface area (Å²) in [7, 11) is 0. The van der Waals surface area contributed by atoms with Crippen molar-refractivity contribution in [2.45, 2.75) is 32.4 Å². The number of halogens is 4. The standard InChI is InChI=1S/C23H18ClF3N4O2/c1-22(2,3)14-6-4-13(5-7-14)20-11-18(31-33-20)21(32)19(12-28)30-29-15-8-9-17(24)16(10-15)23(25,26)27/h4-11,29H,1-3H3/b30-19+. The molecule has 0 bridgehead atoms. The molecule has 0 radical (unpaired) electrons. The van der Waals surface area contributed by atoms with Crippen LogP contribution in [0, 0.1) is 11.3 Å². The first-order chi connectivity index (χ1) is 15.4. The first kappa shape index (κ1) is 24.0. The maximum absolute atomic E-state index is 13.0. The number of nitrogens with one attached hydrogen (secondary N) is 1. The predicted octanol–water partition coefficient (Wildman–Crippen LogP) is 6.49. The lowest BCUT2D eigenvalue weighted by Crippen LogP contribution is -2.14. The van der Waals surface area contributed by atoms with Crippen LogP contribution in [-0.4, -0.2) is 16.7 Å². The van der Waals surface area contributed by atoms with E-state index in [0.717, 1.165) is 17.7 Å².